The molecule has 19 heavy (non-hydrogen) atoms. The van der Waals surface area contributed by atoms with Gasteiger partial charge >= 0.3 is 12.0 Å². The molecule has 2 N–H and O–H groups in total. The molecule has 1 fully saturated rings. The van der Waals surface area contributed by atoms with Gasteiger partial charge in [-0.3, -0.25) is 4.79 Å². The van der Waals surface area contributed by atoms with Crippen molar-refractivity contribution in [3.63, 3.8) is 0 Å². The molecule has 1 unspecified atom stereocenters. The Morgan fingerprint density at radius 1 is 1.37 bits per heavy atom. The molecule has 5 nitrogen and oxygen atoms in total. The lowest BCUT2D eigenvalue weighted by Crippen LogP contribution is -2.56. The fourth-order valence-corrected chi connectivity index (χ4v) is 2.23. The van der Waals surface area contributed by atoms with Crippen LogP contribution in [-0.4, -0.2) is 35.1 Å². The van der Waals surface area contributed by atoms with Gasteiger partial charge in [0.15, 0.2) is 0 Å². The van der Waals surface area contributed by atoms with Crippen molar-refractivity contribution in [2.24, 2.45) is 5.92 Å². The van der Waals surface area contributed by atoms with Crippen LogP contribution in [0.15, 0.2) is 24.3 Å². The first-order valence-electron chi connectivity index (χ1n) is 6.33. The first kappa shape index (κ1) is 13.4. The number of benzene rings is 1. The number of rotatable bonds is 3. The number of likely N-dealkylation sites (tertiary alicyclic amines) is 1. The average Bonchev–Trinajstić information content (AvgIpc) is 2.26. The Morgan fingerprint density at radius 3 is 2.58 bits per heavy atom. The van der Waals surface area contributed by atoms with Gasteiger partial charge in [-0.25, -0.2) is 4.79 Å². The normalized spacial score (nSPS) is 16.6. The summed E-state index contributed by atoms with van der Waals surface area (Å²) in [5.41, 5.74) is 2.20. The number of hydrogen-bond donors (Lipinski definition) is 2. The largest absolute Gasteiger partial charge is 0.481 e. The molecule has 5 heteroatoms. The summed E-state index contributed by atoms with van der Waals surface area (Å²) in [6.07, 6.45) is 0. The standard InChI is InChI=1S/C14H18N2O3/c1-9-5-3-4-6-12(9)10(2)15-14(19)16-7-11(8-16)13(17)18/h3-6,10-11H,7-8H2,1-2H3,(H,15,19)(H,17,18). The molecule has 2 amide bonds. The monoisotopic (exact) mass is 262 g/mol. The first-order chi connectivity index (χ1) is 8.99. The number of nitrogens with one attached hydrogen (secondary N) is 1. The van der Waals surface area contributed by atoms with Crippen molar-refractivity contribution < 1.29 is 14.7 Å². The van der Waals surface area contributed by atoms with E-state index in [4.69, 9.17) is 5.11 Å². The van der Waals surface area contributed by atoms with Gasteiger partial charge in [-0.05, 0) is 25.0 Å². The van der Waals surface area contributed by atoms with E-state index in [0.29, 0.717) is 13.1 Å². The Kier molecular flexibility index (Phi) is 3.74. The number of hydrogen-bond acceptors (Lipinski definition) is 2. The minimum absolute atomic E-state index is 0.0856. The van der Waals surface area contributed by atoms with E-state index in [-0.39, 0.29) is 12.1 Å². The number of nitrogens with zero attached hydrogens (tertiary/aromatic N) is 1. The average molecular weight is 262 g/mol. The number of carboxylic acid groups (broad SMARTS) is 1. The van der Waals surface area contributed by atoms with Gasteiger partial charge in [-0.1, -0.05) is 24.3 Å². The van der Waals surface area contributed by atoms with Crippen LogP contribution in [0.25, 0.3) is 0 Å². The molecule has 102 valence electrons. The quantitative estimate of drug-likeness (QED) is 0.872. The predicted octanol–water partition coefficient (Wildman–Crippen LogP) is 1.78. The number of carbonyl (C=O) groups is 2. The van der Waals surface area contributed by atoms with Gasteiger partial charge in [0.05, 0.1) is 12.0 Å². The Morgan fingerprint density at radius 2 is 2.00 bits per heavy atom. The highest BCUT2D eigenvalue weighted by atomic mass is 16.4. The summed E-state index contributed by atoms with van der Waals surface area (Å²) in [7, 11) is 0. The molecular weight excluding hydrogens is 244 g/mol. The van der Waals surface area contributed by atoms with Crippen LogP contribution in [-0.2, 0) is 4.79 Å². The number of aryl methyl sites for hydroxylation is 1. The molecule has 0 radical (unpaired) electrons. The lowest BCUT2D eigenvalue weighted by atomic mass is 10.0. The highest BCUT2D eigenvalue weighted by molar-refractivity contribution is 5.80. The third kappa shape index (κ3) is 2.86. The molecule has 1 aliphatic rings. The fraction of sp³-hybridized carbons (Fsp3) is 0.429. The topological polar surface area (TPSA) is 69.6 Å². The number of urea groups is 1. The number of carboxylic acids is 1. The van der Waals surface area contributed by atoms with E-state index in [1.165, 1.54) is 4.90 Å². The molecule has 0 spiro atoms. The van der Waals surface area contributed by atoms with Crippen molar-refractivity contribution in [2.45, 2.75) is 19.9 Å². The molecule has 0 bridgehead atoms. The van der Waals surface area contributed by atoms with Gasteiger partial charge in [-0.2, -0.15) is 0 Å². The molecule has 0 saturated carbocycles. The smallest absolute Gasteiger partial charge is 0.317 e. The van der Waals surface area contributed by atoms with Crippen LogP contribution in [0.2, 0.25) is 0 Å². The van der Waals surface area contributed by atoms with E-state index < -0.39 is 11.9 Å². The Labute approximate surface area is 112 Å². The zero-order valence-electron chi connectivity index (χ0n) is 11.1. The zero-order chi connectivity index (χ0) is 14.0. The van der Waals surface area contributed by atoms with Crippen LogP contribution in [0.4, 0.5) is 4.79 Å². The van der Waals surface area contributed by atoms with Crippen LogP contribution in [0.1, 0.15) is 24.1 Å². The van der Waals surface area contributed by atoms with Gasteiger partial charge in [0.2, 0.25) is 0 Å². The Hall–Kier alpha value is -2.04. The SMILES string of the molecule is Cc1ccccc1C(C)NC(=O)N1CC(C(=O)O)C1. The maximum Gasteiger partial charge on any atom is 0.317 e. The van der Waals surface area contributed by atoms with Crippen molar-refractivity contribution in [1.82, 2.24) is 10.2 Å². The lowest BCUT2D eigenvalue weighted by Gasteiger charge is -2.37. The van der Waals surface area contributed by atoms with E-state index >= 15 is 0 Å². The fourth-order valence-electron chi connectivity index (χ4n) is 2.23. The molecule has 1 heterocycles. The highest BCUT2D eigenvalue weighted by Gasteiger charge is 2.35. The molecule has 0 aliphatic carbocycles. The van der Waals surface area contributed by atoms with Crippen molar-refractivity contribution in [3.05, 3.63) is 35.4 Å². The zero-order valence-corrected chi connectivity index (χ0v) is 11.1. The van der Waals surface area contributed by atoms with E-state index in [1.807, 2.05) is 38.1 Å². The maximum absolute atomic E-state index is 11.9. The second-order valence-corrected chi connectivity index (χ2v) is 4.97. The number of carbonyl (C=O) groups excluding carboxylic acids is 1. The maximum atomic E-state index is 11.9. The summed E-state index contributed by atoms with van der Waals surface area (Å²) >= 11 is 0. The van der Waals surface area contributed by atoms with Crippen molar-refractivity contribution in [3.8, 4) is 0 Å². The Balaban J connectivity index is 1.90. The Bertz CT molecular complexity index is 495. The predicted molar refractivity (Wildman–Crippen MR) is 70.8 cm³/mol. The van der Waals surface area contributed by atoms with E-state index in [9.17, 15) is 9.59 Å². The van der Waals surface area contributed by atoms with E-state index in [1.54, 1.807) is 0 Å². The highest BCUT2D eigenvalue weighted by Crippen LogP contribution is 2.19. The van der Waals surface area contributed by atoms with Crippen LogP contribution in [0.3, 0.4) is 0 Å². The summed E-state index contributed by atoms with van der Waals surface area (Å²) in [5.74, 6) is -1.25. The number of amides is 2. The second-order valence-electron chi connectivity index (χ2n) is 4.97. The summed E-state index contributed by atoms with van der Waals surface area (Å²) in [4.78, 5) is 24.1. The van der Waals surface area contributed by atoms with Gasteiger partial charge in [-0.15, -0.1) is 0 Å². The molecule has 1 atom stereocenters. The van der Waals surface area contributed by atoms with Crippen LogP contribution in [0, 0.1) is 12.8 Å². The third-order valence-electron chi connectivity index (χ3n) is 3.51. The van der Waals surface area contributed by atoms with E-state index in [0.717, 1.165) is 11.1 Å². The van der Waals surface area contributed by atoms with Crippen molar-refractivity contribution >= 4 is 12.0 Å². The van der Waals surface area contributed by atoms with Gasteiger partial charge in [0, 0.05) is 13.1 Å². The number of aliphatic carboxylic acids is 1. The van der Waals surface area contributed by atoms with Crippen LogP contribution < -0.4 is 5.32 Å². The van der Waals surface area contributed by atoms with Crippen molar-refractivity contribution in [2.75, 3.05) is 13.1 Å². The van der Waals surface area contributed by atoms with Gasteiger partial charge in [0.1, 0.15) is 0 Å². The molecular formula is C14H18N2O3. The minimum atomic E-state index is -0.837. The van der Waals surface area contributed by atoms with Crippen LogP contribution in [0.5, 0.6) is 0 Å². The van der Waals surface area contributed by atoms with Gasteiger partial charge in [0.25, 0.3) is 0 Å². The van der Waals surface area contributed by atoms with Crippen molar-refractivity contribution in [1.29, 1.82) is 0 Å². The first-order valence-corrected chi connectivity index (χ1v) is 6.33. The summed E-state index contributed by atoms with van der Waals surface area (Å²) in [5, 5.41) is 11.7. The summed E-state index contributed by atoms with van der Waals surface area (Å²) in [6, 6.07) is 7.60. The third-order valence-corrected chi connectivity index (χ3v) is 3.51. The van der Waals surface area contributed by atoms with E-state index in [2.05, 4.69) is 5.32 Å². The lowest BCUT2D eigenvalue weighted by molar-refractivity contribution is -0.146. The van der Waals surface area contributed by atoms with Crippen LogP contribution >= 0.6 is 0 Å². The molecule has 1 aliphatic heterocycles. The second kappa shape index (κ2) is 5.30. The molecule has 1 saturated heterocycles. The summed E-state index contributed by atoms with van der Waals surface area (Å²) in [6.45, 7) is 4.51. The summed E-state index contributed by atoms with van der Waals surface area (Å²) < 4.78 is 0. The molecule has 2 rings (SSSR count). The minimum Gasteiger partial charge on any atom is -0.481 e. The van der Waals surface area contributed by atoms with Gasteiger partial charge < -0.3 is 15.3 Å². The molecule has 1 aromatic carbocycles. The molecule has 0 aromatic heterocycles. The molecule has 1 aromatic rings.